The first kappa shape index (κ1) is 17.5. The van der Waals surface area contributed by atoms with Crippen LogP contribution in [0.25, 0.3) is 0 Å². The number of amides is 1. The number of unbranched alkanes of at least 4 members (excludes halogenated alkanes) is 1. The van der Waals surface area contributed by atoms with E-state index in [-0.39, 0.29) is 0 Å². The molecular formula is C15H20ClNO4. The highest BCUT2D eigenvalue weighted by atomic mass is 35.5. The van der Waals surface area contributed by atoms with Gasteiger partial charge in [0.2, 0.25) is 5.91 Å². The number of carbonyl (C=O) groups is 2. The van der Waals surface area contributed by atoms with Crippen molar-refractivity contribution in [3.05, 3.63) is 34.9 Å². The van der Waals surface area contributed by atoms with Crippen molar-refractivity contribution in [2.75, 3.05) is 6.61 Å². The first-order valence-electron chi connectivity index (χ1n) is 6.86. The maximum absolute atomic E-state index is 12.0. The lowest BCUT2D eigenvalue weighted by molar-refractivity contribution is -0.144. The molecular weight excluding hydrogens is 294 g/mol. The summed E-state index contributed by atoms with van der Waals surface area (Å²) < 4.78 is 5.35. The summed E-state index contributed by atoms with van der Waals surface area (Å²) in [7, 11) is 0. The van der Waals surface area contributed by atoms with Gasteiger partial charge in [-0.25, -0.2) is 4.79 Å². The van der Waals surface area contributed by atoms with Crippen molar-refractivity contribution in [1.29, 1.82) is 0 Å². The molecule has 0 aliphatic heterocycles. The van der Waals surface area contributed by atoms with E-state index in [9.17, 15) is 14.7 Å². The number of benzene rings is 1. The molecule has 0 aliphatic rings. The molecule has 0 radical (unpaired) electrons. The van der Waals surface area contributed by atoms with Gasteiger partial charge in [-0.1, -0.05) is 37.1 Å². The van der Waals surface area contributed by atoms with Gasteiger partial charge in [-0.3, -0.25) is 4.79 Å². The lowest BCUT2D eigenvalue weighted by atomic mass is 10.1. The van der Waals surface area contributed by atoms with Gasteiger partial charge in [0.1, 0.15) is 6.10 Å². The maximum atomic E-state index is 12.0. The summed E-state index contributed by atoms with van der Waals surface area (Å²) in [6.45, 7) is 4.10. The Morgan fingerprint density at radius 1 is 1.33 bits per heavy atom. The largest absolute Gasteiger partial charge is 0.479 e. The van der Waals surface area contributed by atoms with Gasteiger partial charge in [-0.2, -0.15) is 0 Å². The Morgan fingerprint density at radius 2 is 1.95 bits per heavy atom. The summed E-state index contributed by atoms with van der Waals surface area (Å²) in [6, 6.07) is 5.20. The van der Waals surface area contributed by atoms with Gasteiger partial charge in [0.05, 0.1) is 0 Å². The molecule has 1 aromatic carbocycles. The zero-order chi connectivity index (χ0) is 15.8. The molecule has 5 nitrogen and oxygen atoms in total. The zero-order valence-corrected chi connectivity index (χ0v) is 12.9. The minimum Gasteiger partial charge on any atom is -0.479 e. The summed E-state index contributed by atoms with van der Waals surface area (Å²) in [5.74, 6) is -1.58. The minimum absolute atomic E-state index is 0.451. The third-order valence-corrected chi connectivity index (χ3v) is 3.22. The Hall–Kier alpha value is -1.59. The van der Waals surface area contributed by atoms with Crippen LogP contribution < -0.4 is 5.32 Å². The number of halogens is 1. The summed E-state index contributed by atoms with van der Waals surface area (Å²) in [5, 5.41) is 12.2. The van der Waals surface area contributed by atoms with E-state index in [4.69, 9.17) is 16.3 Å². The standard InChI is InChI=1S/C15H20ClNO4/c1-3-4-9-21-10(2)14(18)17-13(15(19)20)11-5-7-12(16)8-6-11/h5-8,10,13H,3-4,9H2,1-2H3,(H,17,18)(H,19,20). The fraction of sp³-hybridized carbons (Fsp3) is 0.467. The number of aliphatic carboxylic acids is 1. The molecule has 1 aromatic rings. The smallest absolute Gasteiger partial charge is 0.330 e. The first-order chi connectivity index (χ1) is 9.95. The molecule has 0 saturated heterocycles. The molecule has 0 saturated carbocycles. The van der Waals surface area contributed by atoms with Crippen LogP contribution >= 0.6 is 11.6 Å². The third kappa shape index (κ3) is 5.73. The monoisotopic (exact) mass is 313 g/mol. The number of carboxylic acids is 1. The number of ether oxygens (including phenoxy) is 1. The Morgan fingerprint density at radius 3 is 2.48 bits per heavy atom. The number of rotatable bonds is 8. The summed E-state index contributed by atoms with van der Waals surface area (Å²) in [6.07, 6.45) is 1.14. The summed E-state index contributed by atoms with van der Waals surface area (Å²) in [4.78, 5) is 23.3. The fourth-order valence-electron chi connectivity index (χ4n) is 1.68. The van der Waals surface area contributed by atoms with E-state index in [0.717, 1.165) is 12.8 Å². The second kappa shape index (κ2) is 8.64. The number of nitrogens with one attached hydrogen (secondary N) is 1. The van der Waals surface area contributed by atoms with E-state index in [1.165, 1.54) is 0 Å². The van der Waals surface area contributed by atoms with Gasteiger partial charge < -0.3 is 15.2 Å². The van der Waals surface area contributed by atoms with E-state index < -0.39 is 24.0 Å². The van der Waals surface area contributed by atoms with Crippen LogP contribution in [0.3, 0.4) is 0 Å². The van der Waals surface area contributed by atoms with Crippen molar-refractivity contribution < 1.29 is 19.4 Å². The van der Waals surface area contributed by atoms with Crippen LogP contribution in [-0.2, 0) is 14.3 Å². The van der Waals surface area contributed by atoms with Gasteiger partial charge in [0, 0.05) is 11.6 Å². The van der Waals surface area contributed by atoms with E-state index in [0.29, 0.717) is 17.2 Å². The molecule has 0 heterocycles. The van der Waals surface area contributed by atoms with Crippen molar-refractivity contribution in [1.82, 2.24) is 5.32 Å². The predicted octanol–water partition coefficient (Wildman–Crippen LogP) is 2.79. The van der Waals surface area contributed by atoms with Crippen LogP contribution in [0.15, 0.2) is 24.3 Å². The van der Waals surface area contributed by atoms with Gasteiger partial charge in [-0.05, 0) is 31.0 Å². The first-order valence-corrected chi connectivity index (χ1v) is 7.23. The topological polar surface area (TPSA) is 75.6 Å². The van der Waals surface area contributed by atoms with Crippen LogP contribution in [0, 0.1) is 0 Å². The third-order valence-electron chi connectivity index (χ3n) is 2.97. The molecule has 1 rings (SSSR count). The molecule has 2 unspecified atom stereocenters. The van der Waals surface area contributed by atoms with Crippen LogP contribution in [0.5, 0.6) is 0 Å². The van der Waals surface area contributed by atoms with E-state index in [2.05, 4.69) is 5.32 Å². The Kier molecular flexibility index (Phi) is 7.19. The average Bonchev–Trinajstić information content (AvgIpc) is 2.45. The molecule has 0 spiro atoms. The van der Waals surface area contributed by atoms with Crippen LogP contribution in [0.4, 0.5) is 0 Å². The van der Waals surface area contributed by atoms with Crippen LogP contribution in [0.1, 0.15) is 38.3 Å². The van der Waals surface area contributed by atoms with Gasteiger partial charge in [-0.15, -0.1) is 0 Å². The molecule has 0 fully saturated rings. The quantitative estimate of drug-likeness (QED) is 0.724. The maximum Gasteiger partial charge on any atom is 0.330 e. The normalized spacial score (nSPS) is 13.5. The minimum atomic E-state index is -1.13. The highest BCUT2D eigenvalue weighted by Crippen LogP contribution is 2.17. The molecule has 1 amide bonds. The Bertz CT molecular complexity index is 475. The van der Waals surface area contributed by atoms with Crippen molar-refractivity contribution in [3.8, 4) is 0 Å². The van der Waals surface area contributed by atoms with Crippen molar-refractivity contribution >= 4 is 23.5 Å². The molecule has 0 aromatic heterocycles. The second-order valence-corrected chi connectivity index (χ2v) is 5.13. The van der Waals surface area contributed by atoms with E-state index in [1.54, 1.807) is 31.2 Å². The molecule has 2 atom stereocenters. The lowest BCUT2D eigenvalue weighted by Crippen LogP contribution is -2.40. The average molecular weight is 314 g/mol. The van der Waals surface area contributed by atoms with E-state index in [1.807, 2.05) is 6.92 Å². The van der Waals surface area contributed by atoms with Crippen LogP contribution in [0.2, 0.25) is 5.02 Å². The van der Waals surface area contributed by atoms with Gasteiger partial charge >= 0.3 is 5.97 Å². The highest BCUT2D eigenvalue weighted by Gasteiger charge is 2.24. The van der Waals surface area contributed by atoms with Crippen LogP contribution in [-0.4, -0.2) is 29.7 Å². The SMILES string of the molecule is CCCCOC(C)C(=O)NC(C(=O)O)c1ccc(Cl)cc1. The fourth-order valence-corrected chi connectivity index (χ4v) is 1.81. The van der Waals surface area contributed by atoms with Crippen molar-refractivity contribution in [2.24, 2.45) is 0 Å². The zero-order valence-electron chi connectivity index (χ0n) is 12.1. The van der Waals surface area contributed by atoms with Gasteiger partial charge in [0.15, 0.2) is 6.04 Å². The van der Waals surface area contributed by atoms with Crippen molar-refractivity contribution in [2.45, 2.75) is 38.8 Å². The van der Waals surface area contributed by atoms with Crippen molar-refractivity contribution in [3.63, 3.8) is 0 Å². The number of hydrogen-bond donors (Lipinski definition) is 2. The number of carbonyl (C=O) groups excluding carboxylic acids is 1. The van der Waals surface area contributed by atoms with E-state index >= 15 is 0 Å². The molecule has 6 heteroatoms. The summed E-state index contributed by atoms with van der Waals surface area (Å²) >= 11 is 5.77. The molecule has 116 valence electrons. The number of carboxylic acid groups (broad SMARTS) is 1. The molecule has 0 aliphatic carbocycles. The Balaban J connectivity index is 2.68. The second-order valence-electron chi connectivity index (χ2n) is 4.70. The molecule has 0 bridgehead atoms. The Labute approximate surface area is 129 Å². The highest BCUT2D eigenvalue weighted by molar-refractivity contribution is 6.30. The predicted molar refractivity (Wildman–Crippen MR) is 80.3 cm³/mol. The lowest BCUT2D eigenvalue weighted by Gasteiger charge is -2.18. The molecule has 2 N–H and O–H groups in total. The van der Waals surface area contributed by atoms with Gasteiger partial charge in [0.25, 0.3) is 0 Å². The molecule has 21 heavy (non-hydrogen) atoms. The summed E-state index contributed by atoms with van der Waals surface area (Å²) in [5.41, 5.74) is 0.459. The number of hydrogen-bond acceptors (Lipinski definition) is 3.